The predicted octanol–water partition coefficient (Wildman–Crippen LogP) is 7.33. The highest BCUT2D eigenvalue weighted by Crippen LogP contribution is 2.31. The Kier molecular flexibility index (Phi) is 6.78. The summed E-state index contributed by atoms with van der Waals surface area (Å²) in [6.07, 6.45) is 0.562. The monoisotopic (exact) mass is 598 g/mol. The first-order valence-electron chi connectivity index (χ1n) is 11.0. The van der Waals surface area contributed by atoms with Gasteiger partial charge in [0.05, 0.1) is 3.79 Å². The minimum Gasteiger partial charge on any atom is -0.358 e. The third kappa shape index (κ3) is 4.99. The van der Waals surface area contributed by atoms with E-state index in [1.54, 1.807) is 24.3 Å². The Morgan fingerprint density at radius 1 is 1.00 bits per heavy atom. The second-order valence-corrected chi connectivity index (χ2v) is 13.1. The van der Waals surface area contributed by atoms with Crippen LogP contribution in [0.5, 0.6) is 0 Å². The SMILES string of the molecule is Cc1[nH]c2ccc(C(=O)NS(=O)(=O)c3ccc(Br)s3)cc2c1Cc1ccc(-c2ccccc2)cc1Cl. The summed E-state index contributed by atoms with van der Waals surface area (Å²) in [6.45, 7) is 1.97. The molecule has 0 bridgehead atoms. The topological polar surface area (TPSA) is 79.0 Å². The number of H-pyrrole nitrogens is 1. The number of sulfonamides is 1. The molecule has 0 unspecified atom stereocenters. The zero-order chi connectivity index (χ0) is 25.4. The van der Waals surface area contributed by atoms with Crippen molar-refractivity contribution < 1.29 is 13.2 Å². The van der Waals surface area contributed by atoms with E-state index in [2.05, 4.69) is 25.6 Å². The van der Waals surface area contributed by atoms with Gasteiger partial charge in [0.1, 0.15) is 4.21 Å². The summed E-state index contributed by atoms with van der Waals surface area (Å²) in [6, 6.07) is 24.3. The highest BCUT2D eigenvalue weighted by atomic mass is 79.9. The molecule has 0 aliphatic rings. The number of rotatable bonds is 6. The van der Waals surface area contributed by atoms with E-state index in [1.165, 1.54) is 6.07 Å². The molecule has 0 saturated carbocycles. The molecule has 9 heteroatoms. The van der Waals surface area contributed by atoms with Crippen molar-refractivity contribution in [2.45, 2.75) is 17.6 Å². The van der Waals surface area contributed by atoms with Gasteiger partial charge in [0.2, 0.25) is 0 Å². The van der Waals surface area contributed by atoms with Crippen LogP contribution in [-0.2, 0) is 16.4 Å². The number of thiophene rings is 1. The molecule has 0 radical (unpaired) electrons. The van der Waals surface area contributed by atoms with Crippen LogP contribution < -0.4 is 4.72 Å². The molecule has 0 aliphatic carbocycles. The molecule has 2 aromatic heterocycles. The number of hydrogen-bond acceptors (Lipinski definition) is 4. The molecule has 2 N–H and O–H groups in total. The molecule has 5 rings (SSSR count). The average molecular weight is 600 g/mol. The zero-order valence-electron chi connectivity index (χ0n) is 19.0. The molecule has 0 spiro atoms. The molecule has 182 valence electrons. The standard InChI is InChI=1S/C27H20BrClN2O3S2/c1-16-21(13-19-8-7-18(15-23(19)29)17-5-3-2-4-6-17)22-14-20(9-10-24(22)30-16)27(32)31-36(33,34)26-12-11-25(28)35-26/h2-12,14-15,30H,13H2,1H3,(H,31,32). The third-order valence-corrected chi connectivity index (χ3v) is 9.75. The quantitative estimate of drug-likeness (QED) is 0.214. The van der Waals surface area contributed by atoms with Crippen LogP contribution in [0, 0.1) is 6.92 Å². The van der Waals surface area contributed by atoms with Crippen molar-refractivity contribution in [2.24, 2.45) is 0 Å². The Hall–Kier alpha value is -2.91. The molecule has 3 aromatic carbocycles. The minimum atomic E-state index is -3.96. The van der Waals surface area contributed by atoms with Crippen LogP contribution in [0.1, 0.15) is 27.2 Å². The van der Waals surface area contributed by atoms with Gasteiger partial charge in [-0.05, 0) is 81.5 Å². The molecule has 0 fully saturated rings. The lowest BCUT2D eigenvalue weighted by atomic mass is 9.98. The fraction of sp³-hybridized carbons (Fsp3) is 0.0741. The van der Waals surface area contributed by atoms with Crippen molar-refractivity contribution in [3.05, 3.63) is 110 Å². The van der Waals surface area contributed by atoms with Crippen LogP contribution in [0.2, 0.25) is 5.02 Å². The van der Waals surface area contributed by atoms with Crippen LogP contribution >= 0.6 is 38.9 Å². The number of amides is 1. The summed E-state index contributed by atoms with van der Waals surface area (Å²) >= 11 is 11.0. The van der Waals surface area contributed by atoms with Gasteiger partial charge in [-0.3, -0.25) is 4.79 Å². The summed E-state index contributed by atoms with van der Waals surface area (Å²) in [4.78, 5) is 16.2. The maximum Gasteiger partial charge on any atom is 0.273 e. The van der Waals surface area contributed by atoms with Crippen LogP contribution in [-0.4, -0.2) is 19.3 Å². The number of aromatic nitrogens is 1. The lowest BCUT2D eigenvalue weighted by molar-refractivity contribution is 0.0981. The Bertz CT molecular complexity index is 1710. The summed E-state index contributed by atoms with van der Waals surface area (Å²) < 4.78 is 28.1. The summed E-state index contributed by atoms with van der Waals surface area (Å²) in [5, 5.41) is 1.51. The largest absolute Gasteiger partial charge is 0.358 e. The highest BCUT2D eigenvalue weighted by Gasteiger charge is 2.21. The van der Waals surface area contributed by atoms with E-state index in [1.807, 2.05) is 55.5 Å². The van der Waals surface area contributed by atoms with Gasteiger partial charge in [-0.2, -0.15) is 0 Å². The molecular formula is C27H20BrClN2O3S2. The molecule has 36 heavy (non-hydrogen) atoms. The number of carbonyl (C=O) groups is 1. The molecule has 2 heterocycles. The van der Waals surface area contributed by atoms with Gasteiger partial charge in [0, 0.05) is 33.6 Å². The van der Waals surface area contributed by atoms with Crippen molar-refractivity contribution in [1.29, 1.82) is 0 Å². The molecule has 5 aromatic rings. The molecular weight excluding hydrogens is 580 g/mol. The van der Waals surface area contributed by atoms with Gasteiger partial charge >= 0.3 is 0 Å². The van der Waals surface area contributed by atoms with E-state index < -0.39 is 15.9 Å². The first kappa shape index (κ1) is 24.8. The van der Waals surface area contributed by atoms with E-state index in [9.17, 15) is 13.2 Å². The normalized spacial score (nSPS) is 11.6. The summed E-state index contributed by atoms with van der Waals surface area (Å²) in [5.41, 5.74) is 6.17. The molecule has 5 nitrogen and oxygen atoms in total. The van der Waals surface area contributed by atoms with Crippen molar-refractivity contribution in [3.63, 3.8) is 0 Å². The number of hydrogen-bond donors (Lipinski definition) is 2. The lowest BCUT2D eigenvalue weighted by Gasteiger charge is -2.09. The maximum atomic E-state index is 12.9. The van der Waals surface area contributed by atoms with E-state index in [4.69, 9.17) is 11.6 Å². The number of aryl methyl sites for hydroxylation is 1. The highest BCUT2D eigenvalue weighted by molar-refractivity contribution is 9.11. The number of halogens is 2. The summed E-state index contributed by atoms with van der Waals surface area (Å²) in [7, 11) is -3.96. The van der Waals surface area contributed by atoms with Crippen LogP contribution in [0.4, 0.5) is 0 Å². The van der Waals surface area contributed by atoms with Gasteiger partial charge in [-0.1, -0.05) is 54.1 Å². The second kappa shape index (κ2) is 9.86. The fourth-order valence-electron chi connectivity index (χ4n) is 4.12. The Morgan fingerprint density at radius 2 is 1.78 bits per heavy atom. The third-order valence-electron chi connectivity index (χ3n) is 5.95. The zero-order valence-corrected chi connectivity index (χ0v) is 23.0. The molecule has 1 amide bonds. The first-order chi connectivity index (χ1) is 17.2. The van der Waals surface area contributed by atoms with Crippen LogP contribution in [0.3, 0.4) is 0 Å². The van der Waals surface area contributed by atoms with E-state index >= 15 is 0 Å². The van der Waals surface area contributed by atoms with Gasteiger partial charge < -0.3 is 4.98 Å². The Labute approximate surface area is 226 Å². The number of aromatic amines is 1. The van der Waals surface area contributed by atoms with E-state index in [0.29, 0.717) is 15.2 Å². The smallest absolute Gasteiger partial charge is 0.273 e. The summed E-state index contributed by atoms with van der Waals surface area (Å²) in [5.74, 6) is -0.684. The Morgan fingerprint density at radius 3 is 2.47 bits per heavy atom. The fourth-order valence-corrected chi connectivity index (χ4v) is 7.35. The van der Waals surface area contributed by atoms with Gasteiger partial charge in [0.15, 0.2) is 0 Å². The van der Waals surface area contributed by atoms with Crippen molar-refractivity contribution >= 4 is 65.7 Å². The predicted molar refractivity (Wildman–Crippen MR) is 149 cm³/mol. The van der Waals surface area contributed by atoms with Gasteiger partial charge in [0.25, 0.3) is 15.9 Å². The van der Waals surface area contributed by atoms with Crippen LogP contribution in [0.15, 0.2) is 86.9 Å². The van der Waals surface area contributed by atoms with Crippen LogP contribution in [0.25, 0.3) is 22.0 Å². The Balaban J connectivity index is 1.44. The van der Waals surface area contributed by atoms with Gasteiger partial charge in [-0.25, -0.2) is 13.1 Å². The minimum absolute atomic E-state index is 0.0653. The second-order valence-electron chi connectivity index (χ2n) is 8.33. The average Bonchev–Trinajstić information content (AvgIpc) is 3.43. The molecule has 0 saturated heterocycles. The van der Waals surface area contributed by atoms with Crippen molar-refractivity contribution in [2.75, 3.05) is 0 Å². The number of carbonyl (C=O) groups excluding carboxylic acids is 1. The van der Waals surface area contributed by atoms with E-state index in [-0.39, 0.29) is 9.77 Å². The molecule has 0 atom stereocenters. The van der Waals surface area contributed by atoms with Crippen molar-refractivity contribution in [1.82, 2.24) is 9.71 Å². The first-order valence-corrected chi connectivity index (χ1v) is 14.5. The molecule has 0 aliphatic heterocycles. The number of fused-ring (bicyclic) bond motifs is 1. The van der Waals surface area contributed by atoms with Crippen molar-refractivity contribution in [3.8, 4) is 11.1 Å². The number of benzene rings is 3. The number of nitrogens with one attached hydrogen (secondary N) is 2. The lowest BCUT2D eigenvalue weighted by Crippen LogP contribution is -2.30. The van der Waals surface area contributed by atoms with Gasteiger partial charge in [-0.15, -0.1) is 11.3 Å². The maximum absolute atomic E-state index is 12.9. The van der Waals surface area contributed by atoms with E-state index in [0.717, 1.165) is 50.2 Å².